The number of aliphatic hydroxyl groups is 1. The monoisotopic (exact) mass is 374 g/mol. The van der Waals surface area contributed by atoms with Crippen molar-refractivity contribution in [3.05, 3.63) is 27.8 Å². The summed E-state index contributed by atoms with van der Waals surface area (Å²) >= 11 is 0. The summed E-state index contributed by atoms with van der Waals surface area (Å²) in [7, 11) is 0. The maximum atomic E-state index is 12.8. The van der Waals surface area contributed by atoms with Gasteiger partial charge in [-0.1, -0.05) is 38.5 Å². The molecule has 0 aliphatic heterocycles. The third-order valence-corrected chi connectivity index (χ3v) is 7.24. The molecule has 0 saturated heterocycles. The summed E-state index contributed by atoms with van der Waals surface area (Å²) in [5.41, 5.74) is 0.142. The molecule has 0 spiro atoms. The lowest BCUT2D eigenvalue weighted by molar-refractivity contribution is 0.0794. The highest BCUT2D eigenvalue weighted by Gasteiger charge is 2.41. The molecule has 4 rings (SSSR count). The quantitative estimate of drug-likeness (QED) is 0.743. The van der Waals surface area contributed by atoms with Crippen molar-refractivity contribution in [1.82, 2.24) is 0 Å². The lowest BCUT2D eigenvalue weighted by atomic mass is 9.74. The molecule has 0 aromatic carbocycles. The zero-order valence-electron chi connectivity index (χ0n) is 16.4. The van der Waals surface area contributed by atoms with Crippen molar-refractivity contribution in [3.63, 3.8) is 0 Å². The fourth-order valence-electron chi connectivity index (χ4n) is 5.64. The second-order valence-corrected chi connectivity index (χ2v) is 9.23. The predicted molar refractivity (Wildman–Crippen MR) is 105 cm³/mol. The Hall–Kier alpha value is -1.29. The molecule has 1 aromatic rings. The van der Waals surface area contributed by atoms with E-state index in [1.54, 1.807) is 6.07 Å². The average molecular weight is 375 g/mol. The first-order chi connectivity index (χ1) is 13.1. The Morgan fingerprint density at radius 1 is 0.889 bits per heavy atom. The zero-order chi connectivity index (χ0) is 18.8. The first-order valence-electron chi connectivity index (χ1n) is 11.2. The van der Waals surface area contributed by atoms with Crippen LogP contribution in [0.2, 0.25) is 0 Å². The lowest BCUT2D eigenvalue weighted by Crippen LogP contribution is -2.27. The van der Waals surface area contributed by atoms with Gasteiger partial charge in [-0.3, -0.25) is 0 Å². The third-order valence-electron chi connectivity index (χ3n) is 7.24. The van der Waals surface area contributed by atoms with E-state index in [0.717, 1.165) is 38.5 Å². The highest BCUT2D eigenvalue weighted by atomic mass is 16.4. The van der Waals surface area contributed by atoms with Gasteiger partial charge in [-0.25, -0.2) is 4.79 Å². The van der Waals surface area contributed by atoms with Crippen molar-refractivity contribution in [2.45, 2.75) is 95.5 Å². The van der Waals surface area contributed by atoms with Crippen LogP contribution >= 0.6 is 0 Å². The molecule has 150 valence electrons. The Kier molecular flexibility index (Phi) is 5.91. The van der Waals surface area contributed by atoms with Crippen molar-refractivity contribution >= 4 is 0 Å². The molecule has 27 heavy (non-hydrogen) atoms. The normalized spacial score (nSPS) is 24.6. The lowest BCUT2D eigenvalue weighted by Gasteiger charge is -2.30. The minimum atomic E-state index is -0.490. The molecule has 4 heteroatoms. The van der Waals surface area contributed by atoms with Crippen LogP contribution in [0.3, 0.4) is 0 Å². The molecule has 3 saturated carbocycles. The van der Waals surface area contributed by atoms with E-state index in [1.165, 1.54) is 38.5 Å². The van der Waals surface area contributed by atoms with Gasteiger partial charge in [-0.15, -0.1) is 0 Å². The number of aliphatic hydroxyl groups excluding tert-OH is 1. The number of hydrogen-bond acceptors (Lipinski definition) is 4. The Balaban J connectivity index is 1.53. The van der Waals surface area contributed by atoms with Crippen molar-refractivity contribution in [2.24, 2.45) is 17.8 Å². The number of aromatic hydroxyl groups is 1. The molecule has 0 bridgehead atoms. The maximum Gasteiger partial charge on any atom is 0.343 e. The van der Waals surface area contributed by atoms with E-state index in [0.29, 0.717) is 29.6 Å². The van der Waals surface area contributed by atoms with Gasteiger partial charge in [0.15, 0.2) is 0 Å². The van der Waals surface area contributed by atoms with Crippen LogP contribution in [0.25, 0.3) is 0 Å². The second-order valence-electron chi connectivity index (χ2n) is 9.23. The SMILES string of the molecule is O=c1oc(CC(O)C2CCCCC2)cc(O)c1C(C1CCCCC1)C1CC1. The first kappa shape index (κ1) is 19.0. The second kappa shape index (κ2) is 8.38. The molecule has 1 aromatic heterocycles. The van der Waals surface area contributed by atoms with E-state index in [1.807, 2.05) is 0 Å². The molecular formula is C23H34O4. The Labute approximate surface area is 162 Å². The van der Waals surface area contributed by atoms with E-state index in [2.05, 4.69) is 0 Å². The molecule has 1 heterocycles. The van der Waals surface area contributed by atoms with Crippen LogP contribution in [0, 0.1) is 17.8 Å². The van der Waals surface area contributed by atoms with E-state index in [9.17, 15) is 15.0 Å². The molecular weight excluding hydrogens is 340 g/mol. The standard InChI is InChI=1S/C23H34O4/c24-19(15-7-3-1-4-8-15)13-18-14-20(25)22(23(26)27-18)21(17-11-12-17)16-9-5-2-6-10-16/h14-17,19,21,24-25H,1-13H2. The fourth-order valence-corrected chi connectivity index (χ4v) is 5.64. The van der Waals surface area contributed by atoms with Crippen molar-refractivity contribution in [3.8, 4) is 5.75 Å². The van der Waals surface area contributed by atoms with E-state index in [4.69, 9.17) is 4.42 Å². The van der Waals surface area contributed by atoms with Gasteiger partial charge in [-0.2, -0.15) is 0 Å². The molecule has 0 radical (unpaired) electrons. The number of hydrogen-bond donors (Lipinski definition) is 2. The van der Waals surface area contributed by atoms with Gasteiger partial charge in [0.25, 0.3) is 0 Å². The minimum Gasteiger partial charge on any atom is -0.507 e. The van der Waals surface area contributed by atoms with E-state index in [-0.39, 0.29) is 23.2 Å². The van der Waals surface area contributed by atoms with E-state index < -0.39 is 6.10 Å². The van der Waals surface area contributed by atoms with E-state index >= 15 is 0 Å². The third kappa shape index (κ3) is 4.42. The van der Waals surface area contributed by atoms with Gasteiger partial charge < -0.3 is 14.6 Å². The summed E-state index contributed by atoms with van der Waals surface area (Å²) in [4.78, 5) is 12.8. The average Bonchev–Trinajstić information content (AvgIpc) is 3.51. The molecule has 2 unspecified atom stereocenters. The molecule has 2 atom stereocenters. The van der Waals surface area contributed by atoms with Crippen molar-refractivity contribution in [2.75, 3.05) is 0 Å². The molecule has 3 fully saturated rings. The molecule has 4 nitrogen and oxygen atoms in total. The van der Waals surface area contributed by atoms with Gasteiger partial charge in [0.05, 0.1) is 11.7 Å². The molecule has 3 aliphatic carbocycles. The predicted octanol–water partition coefficient (Wildman–Crippen LogP) is 4.90. The molecule has 2 N–H and O–H groups in total. The summed E-state index contributed by atoms with van der Waals surface area (Å²) in [6.07, 6.45) is 13.9. The zero-order valence-corrected chi connectivity index (χ0v) is 16.4. The molecule has 0 amide bonds. The van der Waals surface area contributed by atoms with Crippen molar-refractivity contribution < 1.29 is 14.6 Å². The maximum absolute atomic E-state index is 12.8. The summed E-state index contributed by atoms with van der Waals surface area (Å²) in [5.74, 6) is 1.99. The largest absolute Gasteiger partial charge is 0.507 e. The topological polar surface area (TPSA) is 70.7 Å². The fraction of sp³-hybridized carbons (Fsp3) is 0.783. The summed E-state index contributed by atoms with van der Waals surface area (Å²) in [5, 5.41) is 21.3. The molecule has 3 aliphatic rings. The first-order valence-corrected chi connectivity index (χ1v) is 11.2. The van der Waals surface area contributed by atoms with Crippen LogP contribution in [0.1, 0.15) is 94.3 Å². The van der Waals surface area contributed by atoms with Crippen LogP contribution in [-0.2, 0) is 6.42 Å². The summed E-state index contributed by atoms with van der Waals surface area (Å²) in [6, 6.07) is 1.61. The minimum absolute atomic E-state index is 0.0968. The van der Waals surface area contributed by atoms with Gasteiger partial charge in [0, 0.05) is 18.4 Å². The van der Waals surface area contributed by atoms with Gasteiger partial charge in [0.1, 0.15) is 11.5 Å². The summed E-state index contributed by atoms with van der Waals surface area (Å²) in [6.45, 7) is 0. The van der Waals surface area contributed by atoms with Gasteiger partial charge in [0.2, 0.25) is 0 Å². The Bertz CT molecular complexity index is 678. The highest BCUT2D eigenvalue weighted by Crippen LogP contribution is 2.51. The Morgan fingerprint density at radius 3 is 2.00 bits per heavy atom. The van der Waals surface area contributed by atoms with Crippen LogP contribution in [-0.4, -0.2) is 16.3 Å². The highest BCUT2D eigenvalue weighted by molar-refractivity contribution is 5.35. The Morgan fingerprint density at radius 2 is 1.44 bits per heavy atom. The van der Waals surface area contributed by atoms with Crippen LogP contribution in [0.5, 0.6) is 5.75 Å². The van der Waals surface area contributed by atoms with Crippen LogP contribution in [0.4, 0.5) is 0 Å². The van der Waals surface area contributed by atoms with Crippen molar-refractivity contribution in [1.29, 1.82) is 0 Å². The smallest absolute Gasteiger partial charge is 0.343 e. The van der Waals surface area contributed by atoms with Crippen LogP contribution < -0.4 is 5.63 Å². The van der Waals surface area contributed by atoms with Gasteiger partial charge in [-0.05, 0) is 56.3 Å². The summed E-state index contributed by atoms with van der Waals surface area (Å²) < 4.78 is 5.62. The van der Waals surface area contributed by atoms with Gasteiger partial charge >= 0.3 is 5.63 Å². The number of rotatable bonds is 6. The van der Waals surface area contributed by atoms with Crippen LogP contribution in [0.15, 0.2) is 15.3 Å².